The van der Waals surface area contributed by atoms with E-state index in [1.54, 1.807) is 18.2 Å². The van der Waals surface area contributed by atoms with Crippen molar-refractivity contribution < 1.29 is 19.4 Å². The summed E-state index contributed by atoms with van der Waals surface area (Å²) < 4.78 is 5.05. The van der Waals surface area contributed by atoms with Crippen molar-refractivity contribution in [3.63, 3.8) is 0 Å². The Morgan fingerprint density at radius 1 is 1.29 bits per heavy atom. The van der Waals surface area contributed by atoms with E-state index in [9.17, 15) is 14.7 Å². The van der Waals surface area contributed by atoms with Crippen LogP contribution in [0.15, 0.2) is 18.2 Å². The Morgan fingerprint density at radius 2 is 1.95 bits per heavy atom. The van der Waals surface area contributed by atoms with Crippen molar-refractivity contribution >= 4 is 29.2 Å². The van der Waals surface area contributed by atoms with Crippen LogP contribution in [0.2, 0.25) is 5.02 Å². The summed E-state index contributed by atoms with van der Waals surface area (Å²) in [6, 6.07) is 4.94. The molecule has 1 fully saturated rings. The lowest BCUT2D eigenvalue weighted by Gasteiger charge is -2.27. The highest BCUT2D eigenvalue weighted by Gasteiger charge is 2.35. The van der Waals surface area contributed by atoms with Gasteiger partial charge in [-0.05, 0) is 31.0 Å². The highest BCUT2D eigenvalue weighted by molar-refractivity contribution is 6.32. The fourth-order valence-electron chi connectivity index (χ4n) is 2.72. The molecule has 21 heavy (non-hydrogen) atoms. The molecule has 0 spiro atoms. The summed E-state index contributed by atoms with van der Waals surface area (Å²) in [7, 11) is 1.51. The number of halogens is 1. The molecule has 0 aromatic heterocycles. The number of hydrogen-bond donors (Lipinski definition) is 2. The summed E-state index contributed by atoms with van der Waals surface area (Å²) in [5, 5.41) is 12.4. The van der Waals surface area contributed by atoms with E-state index in [0.717, 1.165) is 12.8 Å². The van der Waals surface area contributed by atoms with Gasteiger partial charge in [-0.25, -0.2) is 0 Å². The fraction of sp³-hybridized carbons (Fsp3) is 0.467. The van der Waals surface area contributed by atoms with Crippen LogP contribution in [0, 0.1) is 11.8 Å². The monoisotopic (exact) mass is 311 g/mol. The van der Waals surface area contributed by atoms with Crippen molar-refractivity contribution in [3.8, 4) is 5.75 Å². The summed E-state index contributed by atoms with van der Waals surface area (Å²) >= 11 is 6.01. The number of carboxylic acids is 1. The van der Waals surface area contributed by atoms with Gasteiger partial charge in [-0.2, -0.15) is 0 Å². The van der Waals surface area contributed by atoms with Crippen molar-refractivity contribution in [2.75, 3.05) is 12.4 Å². The third kappa shape index (κ3) is 3.67. The van der Waals surface area contributed by atoms with Crippen LogP contribution in [0.5, 0.6) is 5.75 Å². The van der Waals surface area contributed by atoms with Gasteiger partial charge in [-0.3, -0.25) is 9.59 Å². The molecule has 1 aromatic rings. The molecule has 2 rings (SSSR count). The van der Waals surface area contributed by atoms with E-state index in [-0.39, 0.29) is 5.91 Å². The average Bonchev–Trinajstić information content (AvgIpc) is 2.47. The van der Waals surface area contributed by atoms with E-state index < -0.39 is 17.8 Å². The van der Waals surface area contributed by atoms with Gasteiger partial charge in [-0.1, -0.05) is 24.4 Å². The topological polar surface area (TPSA) is 75.6 Å². The zero-order valence-corrected chi connectivity index (χ0v) is 12.5. The van der Waals surface area contributed by atoms with Crippen LogP contribution < -0.4 is 10.1 Å². The van der Waals surface area contributed by atoms with E-state index in [1.165, 1.54) is 7.11 Å². The first kappa shape index (κ1) is 15.6. The number of carbonyl (C=O) groups excluding carboxylic acids is 1. The zero-order chi connectivity index (χ0) is 15.4. The molecule has 5 nitrogen and oxygen atoms in total. The molecule has 114 valence electrons. The Morgan fingerprint density at radius 3 is 2.52 bits per heavy atom. The lowest BCUT2D eigenvalue weighted by molar-refractivity contribution is -0.147. The predicted molar refractivity (Wildman–Crippen MR) is 79.7 cm³/mol. The van der Waals surface area contributed by atoms with Crippen LogP contribution in [-0.2, 0) is 9.59 Å². The number of benzene rings is 1. The largest absolute Gasteiger partial charge is 0.495 e. The number of anilines is 1. The third-order valence-corrected chi connectivity index (χ3v) is 4.13. The summed E-state index contributed by atoms with van der Waals surface area (Å²) in [6.45, 7) is 0. The maximum Gasteiger partial charge on any atom is 0.307 e. The first-order chi connectivity index (χ1) is 10.0. The van der Waals surface area contributed by atoms with E-state index in [2.05, 4.69) is 5.32 Å². The molecular formula is C15H18ClNO4. The predicted octanol–water partition coefficient (Wildman–Crippen LogP) is 3.18. The molecule has 1 aliphatic rings. The molecule has 2 unspecified atom stereocenters. The number of hydrogen-bond acceptors (Lipinski definition) is 3. The van der Waals surface area contributed by atoms with Gasteiger partial charge in [0.2, 0.25) is 5.91 Å². The number of carboxylic acid groups (broad SMARTS) is 1. The molecule has 1 amide bonds. The van der Waals surface area contributed by atoms with E-state index >= 15 is 0 Å². The van der Waals surface area contributed by atoms with Gasteiger partial charge in [0.1, 0.15) is 5.75 Å². The minimum absolute atomic E-state index is 0.261. The highest BCUT2D eigenvalue weighted by Crippen LogP contribution is 2.32. The number of nitrogens with one attached hydrogen (secondary N) is 1. The van der Waals surface area contributed by atoms with Gasteiger partial charge in [0.15, 0.2) is 0 Å². The lowest BCUT2D eigenvalue weighted by Crippen LogP contribution is -2.36. The minimum Gasteiger partial charge on any atom is -0.495 e. The van der Waals surface area contributed by atoms with Crippen LogP contribution >= 0.6 is 11.6 Å². The second kappa shape index (κ2) is 6.80. The lowest BCUT2D eigenvalue weighted by atomic mass is 9.78. The minimum atomic E-state index is -0.900. The Hall–Kier alpha value is -1.75. The summed E-state index contributed by atoms with van der Waals surface area (Å²) in [5.41, 5.74) is 0.542. The Kier molecular flexibility index (Phi) is 5.07. The number of aliphatic carboxylic acids is 1. The van der Waals surface area contributed by atoms with Crippen LogP contribution in [0.25, 0.3) is 0 Å². The maximum absolute atomic E-state index is 12.3. The van der Waals surface area contributed by atoms with Crippen molar-refractivity contribution in [2.24, 2.45) is 11.8 Å². The average molecular weight is 312 g/mol. The second-order valence-electron chi connectivity index (χ2n) is 5.17. The molecular weight excluding hydrogens is 294 g/mol. The molecule has 0 bridgehead atoms. The Bertz CT molecular complexity index is 546. The van der Waals surface area contributed by atoms with Crippen LogP contribution in [0.4, 0.5) is 5.69 Å². The number of rotatable bonds is 4. The molecule has 0 aliphatic heterocycles. The van der Waals surface area contributed by atoms with Crippen molar-refractivity contribution in [3.05, 3.63) is 23.2 Å². The van der Waals surface area contributed by atoms with Crippen LogP contribution in [0.1, 0.15) is 25.7 Å². The summed E-state index contributed by atoms with van der Waals surface area (Å²) in [6.07, 6.45) is 2.89. The number of methoxy groups -OCH3 is 1. The van der Waals surface area contributed by atoms with Gasteiger partial charge in [0, 0.05) is 5.69 Å². The summed E-state index contributed by atoms with van der Waals surface area (Å²) in [5.74, 6) is -1.73. The smallest absolute Gasteiger partial charge is 0.307 e. The molecule has 1 saturated carbocycles. The van der Waals surface area contributed by atoms with Gasteiger partial charge < -0.3 is 15.2 Å². The van der Waals surface area contributed by atoms with E-state index in [0.29, 0.717) is 29.3 Å². The van der Waals surface area contributed by atoms with Crippen molar-refractivity contribution in [2.45, 2.75) is 25.7 Å². The normalized spacial score (nSPS) is 21.6. The van der Waals surface area contributed by atoms with E-state index in [4.69, 9.17) is 16.3 Å². The fourth-order valence-corrected chi connectivity index (χ4v) is 2.98. The first-order valence-corrected chi connectivity index (χ1v) is 7.28. The maximum atomic E-state index is 12.3. The molecule has 0 saturated heterocycles. The quantitative estimate of drug-likeness (QED) is 0.895. The molecule has 1 aliphatic carbocycles. The molecule has 2 N–H and O–H groups in total. The van der Waals surface area contributed by atoms with Crippen LogP contribution in [-0.4, -0.2) is 24.1 Å². The zero-order valence-electron chi connectivity index (χ0n) is 11.8. The molecule has 2 atom stereocenters. The van der Waals surface area contributed by atoms with E-state index in [1.807, 2.05) is 0 Å². The standard InChI is InChI=1S/C15H18ClNO4/c1-21-13-7-6-9(8-12(13)16)17-14(18)10-4-2-3-5-11(10)15(19)20/h6-8,10-11H,2-5H2,1H3,(H,17,18)(H,19,20). The Balaban J connectivity index is 2.09. The number of ether oxygens (including phenoxy) is 1. The van der Waals surface area contributed by atoms with Crippen LogP contribution in [0.3, 0.4) is 0 Å². The van der Waals surface area contributed by atoms with Gasteiger partial charge >= 0.3 is 5.97 Å². The van der Waals surface area contributed by atoms with Gasteiger partial charge in [-0.15, -0.1) is 0 Å². The Labute approximate surface area is 128 Å². The SMILES string of the molecule is COc1ccc(NC(=O)C2CCCCC2C(=O)O)cc1Cl. The third-order valence-electron chi connectivity index (χ3n) is 3.84. The molecule has 6 heteroatoms. The number of amides is 1. The highest BCUT2D eigenvalue weighted by atomic mass is 35.5. The van der Waals surface area contributed by atoms with Gasteiger partial charge in [0.05, 0.1) is 24.0 Å². The number of carbonyl (C=O) groups is 2. The van der Waals surface area contributed by atoms with Gasteiger partial charge in [0.25, 0.3) is 0 Å². The second-order valence-corrected chi connectivity index (χ2v) is 5.58. The molecule has 0 heterocycles. The summed E-state index contributed by atoms with van der Waals surface area (Å²) in [4.78, 5) is 23.5. The molecule has 1 aromatic carbocycles. The van der Waals surface area contributed by atoms with Crippen molar-refractivity contribution in [1.29, 1.82) is 0 Å². The first-order valence-electron chi connectivity index (χ1n) is 6.90. The molecule has 0 radical (unpaired) electrons. The van der Waals surface area contributed by atoms with Crippen molar-refractivity contribution in [1.82, 2.24) is 0 Å².